The van der Waals surface area contributed by atoms with Gasteiger partial charge in [-0.3, -0.25) is 4.79 Å². The predicted molar refractivity (Wildman–Crippen MR) is 87.8 cm³/mol. The van der Waals surface area contributed by atoms with Crippen LogP contribution in [0.25, 0.3) is 11.0 Å². The van der Waals surface area contributed by atoms with Crippen molar-refractivity contribution < 1.29 is 13.9 Å². The fourth-order valence-corrected chi connectivity index (χ4v) is 2.20. The smallest absolute Gasteiger partial charge is 0.360 e. The van der Waals surface area contributed by atoms with Crippen LogP contribution < -0.4 is 21.4 Å². The third kappa shape index (κ3) is 2.87. The Kier molecular flexibility index (Phi) is 3.72. The molecular weight excluding hydrogens is 296 g/mol. The molecule has 0 unspecified atom stereocenters. The van der Waals surface area contributed by atoms with Crippen molar-refractivity contribution in [1.82, 2.24) is 0 Å². The predicted octanol–water partition coefficient (Wildman–Crippen LogP) is 2.64. The summed E-state index contributed by atoms with van der Waals surface area (Å²) in [5.41, 5.74) is 6.17. The largest absolute Gasteiger partial charge is 0.497 e. The van der Waals surface area contributed by atoms with Crippen molar-refractivity contribution in [2.45, 2.75) is 0 Å². The second kappa shape index (κ2) is 5.84. The fraction of sp³-hybridized carbons (Fsp3) is 0.0588. The highest BCUT2D eigenvalue weighted by Gasteiger charge is 2.13. The number of anilines is 2. The minimum absolute atomic E-state index is 0.0518. The maximum absolute atomic E-state index is 12.2. The Hall–Kier alpha value is -3.28. The Labute approximate surface area is 131 Å². The molecule has 1 aromatic heterocycles. The number of carbonyl (C=O) groups is 1. The first-order chi connectivity index (χ1) is 11.1. The number of carbonyl (C=O) groups excluding carboxylic acids is 1. The number of benzene rings is 2. The number of ether oxygens (including phenoxy) is 1. The minimum Gasteiger partial charge on any atom is -0.497 e. The van der Waals surface area contributed by atoms with Crippen molar-refractivity contribution in [3.05, 3.63) is 64.5 Å². The average molecular weight is 310 g/mol. The molecule has 0 saturated carbocycles. The lowest BCUT2D eigenvalue weighted by atomic mass is 10.1. The molecule has 6 nitrogen and oxygen atoms in total. The van der Waals surface area contributed by atoms with Crippen LogP contribution in [0.15, 0.2) is 57.7 Å². The summed E-state index contributed by atoms with van der Waals surface area (Å²) in [4.78, 5) is 24.3. The molecule has 1 amide bonds. The summed E-state index contributed by atoms with van der Waals surface area (Å²) in [6, 6.07) is 13.3. The first kappa shape index (κ1) is 14.6. The molecule has 0 aliphatic rings. The van der Waals surface area contributed by atoms with E-state index in [4.69, 9.17) is 14.9 Å². The van der Waals surface area contributed by atoms with Crippen molar-refractivity contribution in [1.29, 1.82) is 0 Å². The molecule has 0 fully saturated rings. The maximum Gasteiger partial charge on any atom is 0.360 e. The van der Waals surface area contributed by atoms with Crippen LogP contribution in [0.2, 0.25) is 0 Å². The minimum atomic E-state index is -0.645. The van der Waals surface area contributed by atoms with Gasteiger partial charge in [-0.2, -0.15) is 0 Å². The summed E-state index contributed by atoms with van der Waals surface area (Å²) in [5.74, 6) is 0.109. The van der Waals surface area contributed by atoms with E-state index in [1.165, 1.54) is 7.11 Å². The van der Waals surface area contributed by atoms with Gasteiger partial charge in [-0.25, -0.2) is 4.79 Å². The second-order valence-corrected chi connectivity index (χ2v) is 4.89. The highest BCUT2D eigenvalue weighted by molar-refractivity contribution is 6.08. The van der Waals surface area contributed by atoms with E-state index in [2.05, 4.69) is 5.32 Å². The standard InChI is InChI=1S/C17H14N2O4/c1-22-11-7-6-10-8-14(17(21)23-15(10)9-11)19-16(20)12-4-2-3-5-13(12)18/h2-9H,18H2,1H3,(H,19,20). The highest BCUT2D eigenvalue weighted by Crippen LogP contribution is 2.22. The summed E-state index contributed by atoms with van der Waals surface area (Å²) < 4.78 is 10.3. The first-order valence-corrected chi connectivity index (χ1v) is 6.86. The third-order valence-electron chi connectivity index (χ3n) is 3.40. The number of methoxy groups -OCH3 is 1. The monoisotopic (exact) mass is 310 g/mol. The Morgan fingerprint density at radius 2 is 1.96 bits per heavy atom. The van der Waals surface area contributed by atoms with Crippen LogP contribution in [-0.2, 0) is 0 Å². The fourth-order valence-electron chi connectivity index (χ4n) is 2.20. The topological polar surface area (TPSA) is 94.6 Å². The Balaban J connectivity index is 1.97. The Morgan fingerprint density at radius 3 is 2.70 bits per heavy atom. The van der Waals surface area contributed by atoms with E-state index in [9.17, 15) is 9.59 Å². The molecule has 0 atom stereocenters. The van der Waals surface area contributed by atoms with Gasteiger partial charge in [0.1, 0.15) is 17.0 Å². The van der Waals surface area contributed by atoms with Crippen molar-refractivity contribution >= 4 is 28.3 Å². The van der Waals surface area contributed by atoms with Crippen molar-refractivity contribution in [3.63, 3.8) is 0 Å². The van der Waals surface area contributed by atoms with Crippen LogP contribution in [-0.4, -0.2) is 13.0 Å². The number of rotatable bonds is 3. The molecule has 116 valence electrons. The van der Waals surface area contributed by atoms with E-state index in [0.717, 1.165) is 0 Å². The zero-order chi connectivity index (χ0) is 16.4. The number of amides is 1. The van der Waals surface area contributed by atoms with Gasteiger partial charge in [-0.15, -0.1) is 0 Å². The number of nitrogen functional groups attached to an aromatic ring is 1. The Morgan fingerprint density at radius 1 is 1.17 bits per heavy atom. The molecule has 0 spiro atoms. The van der Waals surface area contributed by atoms with Crippen LogP contribution in [0.1, 0.15) is 10.4 Å². The Bertz CT molecular complexity index is 947. The summed E-state index contributed by atoms with van der Waals surface area (Å²) in [6.07, 6.45) is 0. The summed E-state index contributed by atoms with van der Waals surface area (Å²) in [5, 5.41) is 3.20. The lowest BCUT2D eigenvalue weighted by Gasteiger charge is -2.07. The van der Waals surface area contributed by atoms with Crippen molar-refractivity contribution in [2.24, 2.45) is 0 Å². The van der Waals surface area contributed by atoms with Crippen molar-refractivity contribution in [2.75, 3.05) is 18.2 Å². The molecule has 6 heteroatoms. The number of fused-ring (bicyclic) bond motifs is 1. The molecule has 3 N–H and O–H groups in total. The van der Waals surface area contributed by atoms with Crippen LogP contribution >= 0.6 is 0 Å². The van der Waals surface area contributed by atoms with Gasteiger partial charge in [0.15, 0.2) is 0 Å². The first-order valence-electron chi connectivity index (χ1n) is 6.86. The summed E-state index contributed by atoms with van der Waals surface area (Å²) >= 11 is 0. The van der Waals surface area contributed by atoms with E-state index >= 15 is 0 Å². The van der Waals surface area contributed by atoms with E-state index in [0.29, 0.717) is 28.0 Å². The van der Waals surface area contributed by atoms with Gasteiger partial charge < -0.3 is 20.2 Å². The van der Waals surface area contributed by atoms with E-state index in [1.54, 1.807) is 48.5 Å². The van der Waals surface area contributed by atoms with Crippen molar-refractivity contribution in [3.8, 4) is 5.75 Å². The van der Waals surface area contributed by atoms with Crippen LogP contribution in [0.4, 0.5) is 11.4 Å². The highest BCUT2D eigenvalue weighted by atomic mass is 16.5. The lowest BCUT2D eigenvalue weighted by Crippen LogP contribution is -2.18. The summed E-state index contributed by atoms with van der Waals surface area (Å²) in [6.45, 7) is 0. The molecule has 0 saturated heterocycles. The zero-order valence-electron chi connectivity index (χ0n) is 12.3. The normalized spacial score (nSPS) is 10.5. The van der Waals surface area contributed by atoms with Crippen LogP contribution in [0, 0.1) is 0 Å². The van der Waals surface area contributed by atoms with Crippen LogP contribution in [0.5, 0.6) is 5.75 Å². The SMILES string of the molecule is COc1ccc2cc(NC(=O)c3ccccc3N)c(=O)oc2c1. The number of para-hydroxylation sites is 1. The number of nitrogens with two attached hydrogens (primary N) is 1. The van der Waals surface area contributed by atoms with Gasteiger partial charge in [-0.1, -0.05) is 12.1 Å². The summed E-state index contributed by atoms with van der Waals surface area (Å²) in [7, 11) is 1.53. The molecule has 0 bridgehead atoms. The van der Waals surface area contributed by atoms with E-state index < -0.39 is 11.5 Å². The molecule has 2 aromatic carbocycles. The number of nitrogens with one attached hydrogen (secondary N) is 1. The van der Waals surface area contributed by atoms with Gasteiger partial charge >= 0.3 is 5.63 Å². The lowest BCUT2D eigenvalue weighted by molar-refractivity contribution is 0.102. The third-order valence-corrected chi connectivity index (χ3v) is 3.40. The van der Waals surface area contributed by atoms with E-state index in [-0.39, 0.29) is 5.69 Å². The molecule has 0 radical (unpaired) electrons. The molecule has 3 rings (SSSR count). The van der Waals surface area contributed by atoms with E-state index in [1.807, 2.05) is 0 Å². The average Bonchev–Trinajstić information content (AvgIpc) is 2.55. The van der Waals surface area contributed by atoms with Crippen LogP contribution in [0.3, 0.4) is 0 Å². The molecule has 0 aliphatic carbocycles. The molecule has 1 heterocycles. The number of hydrogen-bond acceptors (Lipinski definition) is 5. The molecule has 0 aliphatic heterocycles. The maximum atomic E-state index is 12.2. The number of hydrogen-bond donors (Lipinski definition) is 2. The second-order valence-electron chi connectivity index (χ2n) is 4.89. The van der Waals surface area contributed by atoms with Gasteiger partial charge in [0.2, 0.25) is 0 Å². The van der Waals surface area contributed by atoms with Gasteiger partial charge in [0.25, 0.3) is 5.91 Å². The van der Waals surface area contributed by atoms with Gasteiger partial charge in [0, 0.05) is 17.1 Å². The zero-order valence-corrected chi connectivity index (χ0v) is 12.3. The van der Waals surface area contributed by atoms with Gasteiger partial charge in [0.05, 0.1) is 12.7 Å². The molecule has 23 heavy (non-hydrogen) atoms. The van der Waals surface area contributed by atoms with Gasteiger partial charge in [-0.05, 0) is 30.3 Å². The quantitative estimate of drug-likeness (QED) is 0.573. The molecule has 3 aromatic rings. The molecular formula is C17H14N2O4.